The Morgan fingerprint density at radius 2 is 1.85 bits per heavy atom. The second kappa shape index (κ2) is 6.40. The predicted molar refractivity (Wildman–Crippen MR) is 63.0 cm³/mol. The molecule has 0 aliphatic carbocycles. The number of amides is 1. The lowest BCUT2D eigenvalue weighted by molar-refractivity contribution is -0.119. The summed E-state index contributed by atoms with van der Waals surface area (Å²) < 4.78 is 27.0. The molecule has 2 atom stereocenters. The van der Waals surface area contributed by atoms with Crippen molar-refractivity contribution in [2.75, 3.05) is 6.54 Å². The van der Waals surface area contributed by atoms with E-state index in [0.29, 0.717) is 12.1 Å². The molecule has 0 aliphatic rings. The highest BCUT2D eigenvalue weighted by Crippen LogP contribution is 2.23. The van der Waals surface area contributed by atoms with Crippen molar-refractivity contribution in [3.63, 3.8) is 0 Å². The maximum Gasteiger partial charge on any atom is 0.338 e. The largest absolute Gasteiger partial charge is 0.478 e. The number of carboxylic acids is 1. The molecule has 0 aliphatic heterocycles. The number of halogens is 2. The number of carbonyl (C=O) groups excluding carboxylic acids is 1. The Morgan fingerprint density at radius 1 is 1.25 bits per heavy atom. The molecule has 2 unspecified atom stereocenters. The number of rotatable bonds is 5. The Bertz CT molecular complexity index is 535. The minimum Gasteiger partial charge on any atom is -0.478 e. The van der Waals surface area contributed by atoms with Crippen molar-refractivity contribution in [1.82, 2.24) is 5.32 Å². The lowest BCUT2D eigenvalue weighted by atomic mass is 10.0. The number of hydrogen-bond acceptors (Lipinski definition) is 4. The third-order valence-corrected chi connectivity index (χ3v) is 2.56. The summed E-state index contributed by atoms with van der Waals surface area (Å²) in [5, 5.41) is 30.0. The molecule has 0 saturated heterocycles. The highest BCUT2D eigenvalue weighted by atomic mass is 19.1. The monoisotopic (exact) mass is 289 g/mol. The minimum absolute atomic E-state index is 0.363. The average Bonchev–Trinajstić information content (AvgIpc) is 2.36. The van der Waals surface area contributed by atoms with Crippen LogP contribution in [0.4, 0.5) is 8.78 Å². The normalized spacial score (nSPS) is 13.7. The van der Waals surface area contributed by atoms with Gasteiger partial charge in [0.25, 0.3) is 0 Å². The molecule has 110 valence electrons. The van der Waals surface area contributed by atoms with Gasteiger partial charge in [-0.15, -0.1) is 0 Å². The molecule has 4 N–H and O–H groups in total. The van der Waals surface area contributed by atoms with Crippen LogP contribution in [0.1, 0.15) is 28.9 Å². The fraction of sp³-hybridized carbons (Fsp3) is 0.333. The molecule has 0 heterocycles. The smallest absolute Gasteiger partial charge is 0.338 e. The average molecular weight is 289 g/mol. The summed E-state index contributed by atoms with van der Waals surface area (Å²) >= 11 is 0. The van der Waals surface area contributed by atoms with Crippen LogP contribution >= 0.6 is 0 Å². The summed E-state index contributed by atoms with van der Waals surface area (Å²) in [6, 6.07) is 0.918. The summed E-state index contributed by atoms with van der Waals surface area (Å²) in [7, 11) is 0. The van der Waals surface area contributed by atoms with Crippen LogP contribution in [0.25, 0.3) is 0 Å². The van der Waals surface area contributed by atoms with Crippen LogP contribution < -0.4 is 5.32 Å². The van der Waals surface area contributed by atoms with Gasteiger partial charge in [0.2, 0.25) is 5.91 Å². The standard InChI is InChI=1S/C12H13F2NO5/c1-5(16)15-4-10(17)11(18)6-2-9(14)7(12(19)20)3-8(6)13/h2-3,10-11,17-18H,4H2,1H3,(H,15,16)(H,19,20). The van der Waals surface area contributed by atoms with E-state index in [1.807, 2.05) is 0 Å². The molecule has 0 fully saturated rings. The number of benzene rings is 1. The highest BCUT2D eigenvalue weighted by Gasteiger charge is 2.24. The van der Waals surface area contributed by atoms with E-state index in [9.17, 15) is 28.6 Å². The molecule has 0 spiro atoms. The third-order valence-electron chi connectivity index (χ3n) is 2.56. The molecule has 1 aromatic carbocycles. The van der Waals surface area contributed by atoms with Gasteiger partial charge in [0, 0.05) is 19.0 Å². The van der Waals surface area contributed by atoms with Gasteiger partial charge >= 0.3 is 5.97 Å². The highest BCUT2D eigenvalue weighted by molar-refractivity contribution is 5.88. The minimum atomic E-state index is -1.81. The maximum atomic E-state index is 13.6. The van der Waals surface area contributed by atoms with E-state index in [2.05, 4.69) is 5.32 Å². The summed E-state index contributed by atoms with van der Waals surface area (Å²) in [5.41, 5.74) is -1.47. The van der Waals surface area contributed by atoms with Crippen molar-refractivity contribution >= 4 is 11.9 Å². The molecule has 6 nitrogen and oxygen atoms in total. The molecule has 20 heavy (non-hydrogen) atoms. The lowest BCUT2D eigenvalue weighted by Gasteiger charge is -2.19. The molecule has 0 saturated carbocycles. The first-order chi connectivity index (χ1) is 9.23. The number of aliphatic hydroxyl groups is 2. The van der Waals surface area contributed by atoms with Crippen LogP contribution in [0.3, 0.4) is 0 Å². The third kappa shape index (κ3) is 3.72. The molecule has 8 heteroatoms. The van der Waals surface area contributed by atoms with Gasteiger partial charge in [-0.2, -0.15) is 0 Å². The summed E-state index contributed by atoms with van der Waals surface area (Å²) in [5.74, 6) is -4.52. The van der Waals surface area contributed by atoms with Gasteiger partial charge in [-0.3, -0.25) is 4.79 Å². The van der Waals surface area contributed by atoms with Gasteiger partial charge in [-0.05, 0) is 12.1 Å². The van der Waals surface area contributed by atoms with E-state index in [1.54, 1.807) is 0 Å². The number of hydrogen-bond donors (Lipinski definition) is 4. The van der Waals surface area contributed by atoms with Gasteiger partial charge in [-0.1, -0.05) is 0 Å². The summed E-state index contributed by atoms with van der Waals surface area (Å²) in [6.45, 7) is 0.819. The Morgan fingerprint density at radius 3 is 2.35 bits per heavy atom. The number of aliphatic hydroxyl groups excluding tert-OH is 2. The number of carbonyl (C=O) groups is 2. The van der Waals surface area contributed by atoms with Gasteiger partial charge in [0.1, 0.15) is 23.8 Å². The van der Waals surface area contributed by atoms with Gasteiger partial charge in [0.15, 0.2) is 0 Å². The van der Waals surface area contributed by atoms with E-state index in [0.717, 1.165) is 0 Å². The molecular formula is C12H13F2NO5. The maximum absolute atomic E-state index is 13.6. The van der Waals surface area contributed by atoms with Crippen LogP contribution in [-0.4, -0.2) is 39.8 Å². The molecule has 0 aromatic heterocycles. The Labute approximate surface area is 112 Å². The summed E-state index contributed by atoms with van der Waals surface area (Å²) in [4.78, 5) is 21.2. The van der Waals surface area contributed by atoms with Gasteiger partial charge in [-0.25, -0.2) is 13.6 Å². The van der Waals surface area contributed by atoms with Crippen LogP contribution in [-0.2, 0) is 4.79 Å². The van der Waals surface area contributed by atoms with Crippen molar-refractivity contribution in [1.29, 1.82) is 0 Å². The first-order valence-electron chi connectivity index (χ1n) is 5.56. The molecule has 1 amide bonds. The van der Waals surface area contributed by atoms with Crippen molar-refractivity contribution < 1.29 is 33.7 Å². The summed E-state index contributed by atoms with van der Waals surface area (Å²) in [6.07, 6.45) is -3.37. The van der Waals surface area contributed by atoms with E-state index < -0.39 is 46.8 Å². The fourth-order valence-corrected chi connectivity index (χ4v) is 1.52. The van der Waals surface area contributed by atoms with Gasteiger partial charge in [0.05, 0.1) is 5.56 Å². The van der Waals surface area contributed by atoms with Crippen molar-refractivity contribution in [2.45, 2.75) is 19.1 Å². The number of aromatic carboxylic acids is 1. The second-order valence-corrected chi connectivity index (χ2v) is 4.11. The second-order valence-electron chi connectivity index (χ2n) is 4.11. The molecular weight excluding hydrogens is 276 g/mol. The topological polar surface area (TPSA) is 107 Å². The van der Waals surface area contributed by atoms with Crippen molar-refractivity contribution in [3.05, 3.63) is 34.9 Å². The van der Waals surface area contributed by atoms with E-state index >= 15 is 0 Å². The molecule has 1 rings (SSSR count). The fourth-order valence-electron chi connectivity index (χ4n) is 1.52. The first kappa shape index (κ1) is 16.0. The zero-order chi connectivity index (χ0) is 15.4. The van der Waals surface area contributed by atoms with Crippen molar-refractivity contribution in [2.24, 2.45) is 0 Å². The van der Waals surface area contributed by atoms with Crippen LogP contribution in [0.15, 0.2) is 12.1 Å². The first-order valence-corrected chi connectivity index (χ1v) is 5.56. The predicted octanol–water partition coefficient (Wildman–Crippen LogP) is 0.193. The SMILES string of the molecule is CC(=O)NCC(O)C(O)c1cc(F)c(C(=O)O)cc1F. The Hall–Kier alpha value is -2.06. The van der Waals surface area contributed by atoms with Crippen LogP contribution in [0.5, 0.6) is 0 Å². The zero-order valence-corrected chi connectivity index (χ0v) is 10.4. The quantitative estimate of drug-likeness (QED) is 0.619. The Balaban J connectivity index is 2.98. The molecule has 0 bridgehead atoms. The van der Waals surface area contributed by atoms with Gasteiger partial charge < -0.3 is 20.6 Å². The van der Waals surface area contributed by atoms with Crippen LogP contribution in [0, 0.1) is 11.6 Å². The van der Waals surface area contributed by atoms with E-state index in [4.69, 9.17) is 5.11 Å². The van der Waals surface area contributed by atoms with Crippen LogP contribution in [0.2, 0.25) is 0 Å². The zero-order valence-electron chi connectivity index (χ0n) is 10.4. The number of nitrogens with one attached hydrogen (secondary N) is 1. The van der Waals surface area contributed by atoms with Crippen molar-refractivity contribution in [3.8, 4) is 0 Å². The van der Waals surface area contributed by atoms with E-state index in [-0.39, 0.29) is 6.54 Å². The van der Waals surface area contributed by atoms with E-state index in [1.165, 1.54) is 6.92 Å². The molecule has 1 aromatic rings. The Kier molecular flexibility index (Phi) is 5.12. The molecule has 0 radical (unpaired) electrons. The number of carboxylic acid groups (broad SMARTS) is 1. The lowest BCUT2D eigenvalue weighted by Crippen LogP contribution is -2.34.